The fourth-order valence-corrected chi connectivity index (χ4v) is 2.44. The Bertz CT molecular complexity index is 343. The third-order valence-electron chi connectivity index (χ3n) is 3.49. The molecule has 0 radical (unpaired) electrons. The van der Waals surface area contributed by atoms with Gasteiger partial charge in [0.15, 0.2) is 0 Å². The molecule has 0 fully saturated rings. The van der Waals surface area contributed by atoms with Gasteiger partial charge in [-0.2, -0.15) is 0 Å². The molecule has 0 aliphatic carbocycles. The number of halogens is 1. The normalized spacial score (nSPS) is 14.4. The van der Waals surface area contributed by atoms with Crippen molar-refractivity contribution in [3.8, 4) is 0 Å². The minimum atomic E-state index is 0.588. The zero-order chi connectivity index (χ0) is 13.4. The van der Waals surface area contributed by atoms with Crippen LogP contribution in [0.3, 0.4) is 0 Å². The quantitative estimate of drug-likeness (QED) is 0.781. The largest absolute Gasteiger partial charge is 0.385 e. The fraction of sp³-hybridized carbons (Fsp3) is 0.600. The molecular formula is C15H24ClNO. The number of methoxy groups -OCH3 is 1. The van der Waals surface area contributed by atoms with E-state index in [1.165, 1.54) is 5.56 Å². The third-order valence-corrected chi connectivity index (χ3v) is 3.86. The van der Waals surface area contributed by atoms with E-state index >= 15 is 0 Å². The predicted molar refractivity (Wildman–Crippen MR) is 78.2 cm³/mol. The van der Waals surface area contributed by atoms with Gasteiger partial charge in [0.2, 0.25) is 0 Å². The summed E-state index contributed by atoms with van der Waals surface area (Å²) >= 11 is 6.23. The van der Waals surface area contributed by atoms with Crippen molar-refractivity contribution in [1.29, 1.82) is 0 Å². The third kappa shape index (κ3) is 4.97. The Morgan fingerprint density at radius 2 is 2.06 bits per heavy atom. The van der Waals surface area contributed by atoms with Gasteiger partial charge in [-0.3, -0.25) is 0 Å². The summed E-state index contributed by atoms with van der Waals surface area (Å²) < 4.78 is 5.17. The number of hydrogen-bond acceptors (Lipinski definition) is 2. The van der Waals surface area contributed by atoms with Gasteiger partial charge in [-0.25, -0.2) is 0 Å². The van der Waals surface area contributed by atoms with Crippen molar-refractivity contribution in [2.75, 3.05) is 27.3 Å². The second kappa shape index (κ2) is 8.52. The Morgan fingerprint density at radius 1 is 1.33 bits per heavy atom. The molecule has 0 bridgehead atoms. The maximum Gasteiger partial charge on any atom is 0.0464 e. The van der Waals surface area contributed by atoms with Crippen molar-refractivity contribution in [3.05, 3.63) is 34.9 Å². The number of hydrogen-bond donors (Lipinski definition) is 1. The fourth-order valence-electron chi connectivity index (χ4n) is 2.22. The van der Waals surface area contributed by atoms with Gasteiger partial charge in [0.1, 0.15) is 0 Å². The van der Waals surface area contributed by atoms with E-state index in [2.05, 4.69) is 24.4 Å². The maximum atomic E-state index is 6.23. The molecule has 0 aliphatic rings. The minimum absolute atomic E-state index is 0.588. The molecule has 1 rings (SSSR count). The molecule has 1 N–H and O–H groups in total. The molecule has 0 aliphatic heterocycles. The molecule has 1 aromatic rings. The van der Waals surface area contributed by atoms with E-state index in [4.69, 9.17) is 16.3 Å². The van der Waals surface area contributed by atoms with Crippen molar-refractivity contribution >= 4 is 11.6 Å². The molecule has 3 heteroatoms. The highest BCUT2D eigenvalue weighted by Crippen LogP contribution is 2.24. The summed E-state index contributed by atoms with van der Waals surface area (Å²) in [7, 11) is 3.76. The minimum Gasteiger partial charge on any atom is -0.385 e. The van der Waals surface area contributed by atoms with Crippen LogP contribution >= 0.6 is 11.6 Å². The lowest BCUT2D eigenvalue weighted by molar-refractivity contribution is 0.164. The van der Waals surface area contributed by atoms with E-state index in [0.717, 1.165) is 31.0 Å². The average Bonchev–Trinajstić information content (AvgIpc) is 2.38. The zero-order valence-corrected chi connectivity index (χ0v) is 12.3. The van der Waals surface area contributed by atoms with Gasteiger partial charge in [0, 0.05) is 18.7 Å². The molecule has 0 amide bonds. The van der Waals surface area contributed by atoms with Gasteiger partial charge in [0.05, 0.1) is 0 Å². The molecular weight excluding hydrogens is 246 g/mol. The number of ether oxygens (including phenoxy) is 1. The molecule has 0 saturated heterocycles. The lowest BCUT2D eigenvalue weighted by Crippen LogP contribution is -2.27. The Hall–Kier alpha value is -0.570. The van der Waals surface area contributed by atoms with Crippen molar-refractivity contribution in [3.63, 3.8) is 0 Å². The Kier molecular flexibility index (Phi) is 7.33. The molecule has 0 aromatic heterocycles. The summed E-state index contributed by atoms with van der Waals surface area (Å²) in [5, 5.41) is 4.15. The van der Waals surface area contributed by atoms with Crippen molar-refractivity contribution in [2.24, 2.45) is 11.8 Å². The maximum absolute atomic E-state index is 6.23. The predicted octanol–water partition coefficient (Wildman–Crippen LogP) is 3.39. The second-order valence-electron chi connectivity index (χ2n) is 4.87. The molecule has 0 heterocycles. The molecule has 1 aromatic carbocycles. The number of benzene rings is 1. The van der Waals surface area contributed by atoms with Crippen molar-refractivity contribution in [2.45, 2.75) is 19.8 Å². The highest BCUT2D eigenvalue weighted by atomic mass is 35.5. The molecule has 0 spiro atoms. The van der Waals surface area contributed by atoms with Crippen molar-refractivity contribution < 1.29 is 4.74 Å². The first-order valence-electron chi connectivity index (χ1n) is 6.56. The van der Waals surface area contributed by atoms with E-state index in [0.29, 0.717) is 11.8 Å². The summed E-state index contributed by atoms with van der Waals surface area (Å²) in [6, 6.07) is 8.12. The van der Waals surface area contributed by atoms with Crippen LogP contribution in [0.4, 0.5) is 0 Å². The summed E-state index contributed by atoms with van der Waals surface area (Å²) in [4.78, 5) is 0. The van der Waals surface area contributed by atoms with Crippen molar-refractivity contribution in [1.82, 2.24) is 5.32 Å². The first kappa shape index (κ1) is 15.5. The van der Waals surface area contributed by atoms with E-state index in [9.17, 15) is 0 Å². The molecule has 0 saturated carbocycles. The van der Waals surface area contributed by atoms with Crippen LogP contribution in [0.15, 0.2) is 24.3 Å². The van der Waals surface area contributed by atoms with Crippen LogP contribution in [0, 0.1) is 11.8 Å². The van der Waals surface area contributed by atoms with Crippen LogP contribution in [-0.4, -0.2) is 27.3 Å². The lowest BCUT2D eigenvalue weighted by Gasteiger charge is -2.24. The van der Waals surface area contributed by atoms with E-state index < -0.39 is 0 Å². The van der Waals surface area contributed by atoms with Gasteiger partial charge in [-0.1, -0.05) is 36.7 Å². The Balaban J connectivity index is 2.64. The lowest BCUT2D eigenvalue weighted by atomic mass is 9.86. The summed E-state index contributed by atoms with van der Waals surface area (Å²) in [6.45, 7) is 4.12. The molecule has 2 unspecified atom stereocenters. The number of rotatable bonds is 8. The van der Waals surface area contributed by atoms with Crippen LogP contribution in [0.5, 0.6) is 0 Å². The van der Waals surface area contributed by atoms with Gasteiger partial charge in [-0.15, -0.1) is 0 Å². The molecule has 2 nitrogen and oxygen atoms in total. The SMILES string of the molecule is CNCC(Cc1ccccc1Cl)C(C)CCOC. The smallest absolute Gasteiger partial charge is 0.0464 e. The Morgan fingerprint density at radius 3 is 2.67 bits per heavy atom. The first-order valence-corrected chi connectivity index (χ1v) is 6.93. The van der Waals surface area contributed by atoms with Crippen LogP contribution in [0.1, 0.15) is 18.9 Å². The first-order chi connectivity index (χ1) is 8.69. The van der Waals surface area contributed by atoms with Gasteiger partial charge < -0.3 is 10.1 Å². The summed E-state index contributed by atoms with van der Waals surface area (Å²) in [5.74, 6) is 1.21. The van der Waals surface area contributed by atoms with Crippen LogP contribution in [0.2, 0.25) is 5.02 Å². The van der Waals surface area contributed by atoms with Crippen LogP contribution < -0.4 is 5.32 Å². The summed E-state index contributed by atoms with van der Waals surface area (Å²) in [5.41, 5.74) is 1.24. The van der Waals surface area contributed by atoms with E-state index in [-0.39, 0.29) is 0 Å². The topological polar surface area (TPSA) is 21.3 Å². The van der Waals surface area contributed by atoms with Gasteiger partial charge in [0.25, 0.3) is 0 Å². The highest BCUT2D eigenvalue weighted by molar-refractivity contribution is 6.31. The average molecular weight is 270 g/mol. The standard InChI is InChI=1S/C15H24ClNO/c1-12(8-9-18-3)14(11-17-2)10-13-6-4-5-7-15(13)16/h4-7,12,14,17H,8-11H2,1-3H3. The monoisotopic (exact) mass is 269 g/mol. The highest BCUT2D eigenvalue weighted by Gasteiger charge is 2.18. The van der Waals surface area contributed by atoms with E-state index in [1.807, 2.05) is 19.2 Å². The Labute approximate surface area is 116 Å². The molecule has 102 valence electrons. The van der Waals surface area contributed by atoms with Gasteiger partial charge >= 0.3 is 0 Å². The number of nitrogens with one attached hydrogen (secondary N) is 1. The summed E-state index contributed by atoms with van der Waals surface area (Å²) in [6.07, 6.45) is 2.11. The van der Waals surface area contributed by atoms with E-state index in [1.54, 1.807) is 7.11 Å². The zero-order valence-electron chi connectivity index (χ0n) is 11.6. The molecule has 18 heavy (non-hydrogen) atoms. The van der Waals surface area contributed by atoms with Crippen LogP contribution in [0.25, 0.3) is 0 Å². The second-order valence-corrected chi connectivity index (χ2v) is 5.28. The van der Waals surface area contributed by atoms with Crippen LogP contribution in [-0.2, 0) is 11.2 Å². The van der Waals surface area contributed by atoms with Gasteiger partial charge in [-0.05, 0) is 49.9 Å². The molecule has 2 atom stereocenters.